The van der Waals surface area contributed by atoms with E-state index in [1.807, 2.05) is 54.6 Å². The van der Waals surface area contributed by atoms with Gasteiger partial charge in [0.25, 0.3) is 0 Å². The van der Waals surface area contributed by atoms with E-state index in [-0.39, 0.29) is 24.4 Å². The second-order valence-electron chi connectivity index (χ2n) is 7.35. The van der Waals surface area contributed by atoms with E-state index < -0.39 is 6.10 Å². The van der Waals surface area contributed by atoms with Crippen LogP contribution in [0.3, 0.4) is 0 Å². The summed E-state index contributed by atoms with van der Waals surface area (Å²) in [6, 6.07) is 17.5. The highest BCUT2D eigenvalue weighted by atomic mass is 32.2. The first-order chi connectivity index (χ1) is 15.1. The van der Waals surface area contributed by atoms with Gasteiger partial charge in [0.15, 0.2) is 0 Å². The van der Waals surface area contributed by atoms with Crippen LogP contribution in [0.5, 0.6) is 5.75 Å². The average molecular weight is 447 g/mol. The van der Waals surface area contributed by atoms with E-state index in [4.69, 9.17) is 14.2 Å². The summed E-state index contributed by atoms with van der Waals surface area (Å²) in [5.41, 5.74) is 0.987. The Bertz CT molecular complexity index is 753. The molecule has 0 aromatic heterocycles. The SMILES string of the molecule is CCCCCCCOC(=O)COCC(O)C(Sc1cccc(OC)c1)c1ccccc1. The van der Waals surface area contributed by atoms with Crippen molar-refractivity contribution in [3.63, 3.8) is 0 Å². The van der Waals surface area contributed by atoms with Crippen LogP contribution in [0.25, 0.3) is 0 Å². The van der Waals surface area contributed by atoms with Gasteiger partial charge in [0.1, 0.15) is 12.4 Å². The van der Waals surface area contributed by atoms with Crippen molar-refractivity contribution < 1.29 is 24.1 Å². The topological polar surface area (TPSA) is 65.0 Å². The van der Waals surface area contributed by atoms with E-state index in [1.165, 1.54) is 31.0 Å². The van der Waals surface area contributed by atoms with E-state index in [0.717, 1.165) is 29.1 Å². The van der Waals surface area contributed by atoms with Crippen molar-refractivity contribution in [3.05, 3.63) is 60.2 Å². The minimum atomic E-state index is -0.791. The fourth-order valence-electron chi connectivity index (χ4n) is 3.12. The molecule has 2 unspecified atom stereocenters. The Labute approximate surface area is 190 Å². The van der Waals surface area contributed by atoms with Gasteiger partial charge in [-0.1, -0.05) is 69.0 Å². The standard InChI is InChI=1S/C25H34O5S/c1-3-4-5-6-10-16-30-24(27)19-29-18-23(26)25(20-12-8-7-9-13-20)31-22-15-11-14-21(17-22)28-2/h7-9,11-15,17,23,25-26H,3-6,10,16,18-19H2,1-2H3. The highest BCUT2D eigenvalue weighted by molar-refractivity contribution is 7.99. The smallest absolute Gasteiger partial charge is 0.332 e. The summed E-state index contributed by atoms with van der Waals surface area (Å²) in [5.74, 6) is 0.374. The maximum atomic E-state index is 11.9. The number of esters is 1. The molecule has 0 amide bonds. The van der Waals surface area contributed by atoms with Crippen molar-refractivity contribution in [2.24, 2.45) is 0 Å². The molecule has 2 atom stereocenters. The molecule has 31 heavy (non-hydrogen) atoms. The van der Waals surface area contributed by atoms with E-state index in [1.54, 1.807) is 7.11 Å². The summed E-state index contributed by atoms with van der Waals surface area (Å²) in [6.07, 6.45) is 4.73. The Morgan fingerprint density at radius 2 is 1.81 bits per heavy atom. The molecule has 0 fully saturated rings. The predicted molar refractivity (Wildman–Crippen MR) is 125 cm³/mol. The van der Waals surface area contributed by atoms with Crippen molar-refractivity contribution in [1.29, 1.82) is 0 Å². The normalized spacial score (nSPS) is 12.9. The monoisotopic (exact) mass is 446 g/mol. The minimum absolute atomic E-state index is 0.0438. The minimum Gasteiger partial charge on any atom is -0.497 e. The van der Waals surface area contributed by atoms with Crippen LogP contribution in [0.2, 0.25) is 0 Å². The summed E-state index contributed by atoms with van der Waals surface area (Å²) >= 11 is 1.54. The fourth-order valence-corrected chi connectivity index (χ4v) is 4.28. The molecule has 2 aromatic rings. The van der Waals surface area contributed by atoms with Gasteiger partial charge in [0.05, 0.1) is 31.7 Å². The molecule has 6 heteroatoms. The van der Waals surface area contributed by atoms with Crippen molar-refractivity contribution in [1.82, 2.24) is 0 Å². The first-order valence-corrected chi connectivity index (χ1v) is 11.8. The zero-order valence-corrected chi connectivity index (χ0v) is 19.3. The summed E-state index contributed by atoms with van der Waals surface area (Å²) in [5, 5.41) is 10.6. The lowest BCUT2D eigenvalue weighted by molar-refractivity contribution is -0.150. The number of carbonyl (C=O) groups is 1. The molecular formula is C25H34O5S. The van der Waals surface area contributed by atoms with Gasteiger partial charge in [-0.15, -0.1) is 11.8 Å². The van der Waals surface area contributed by atoms with Crippen LogP contribution in [0.15, 0.2) is 59.5 Å². The molecule has 0 aliphatic carbocycles. The van der Waals surface area contributed by atoms with E-state index in [9.17, 15) is 9.90 Å². The molecule has 0 aliphatic rings. The second-order valence-corrected chi connectivity index (χ2v) is 8.56. The molecule has 0 radical (unpaired) electrons. The number of methoxy groups -OCH3 is 1. The molecule has 0 heterocycles. The molecule has 2 rings (SSSR count). The quantitative estimate of drug-likeness (QED) is 0.224. The fraction of sp³-hybridized carbons (Fsp3) is 0.480. The molecule has 0 saturated heterocycles. The number of unbranched alkanes of at least 4 members (excludes halogenated alkanes) is 4. The largest absolute Gasteiger partial charge is 0.497 e. The summed E-state index contributed by atoms with van der Waals surface area (Å²) < 4.78 is 16.0. The number of aliphatic hydroxyl groups excluding tert-OH is 1. The highest BCUT2D eigenvalue weighted by Crippen LogP contribution is 2.39. The zero-order chi connectivity index (χ0) is 22.3. The zero-order valence-electron chi connectivity index (χ0n) is 18.5. The molecule has 0 saturated carbocycles. The van der Waals surface area contributed by atoms with Gasteiger partial charge in [0.2, 0.25) is 0 Å². The Morgan fingerprint density at radius 3 is 2.55 bits per heavy atom. The lowest BCUT2D eigenvalue weighted by Crippen LogP contribution is -2.25. The number of thioether (sulfide) groups is 1. The number of hydrogen-bond acceptors (Lipinski definition) is 6. The number of aliphatic hydroxyl groups is 1. The van der Waals surface area contributed by atoms with Crippen LogP contribution in [-0.2, 0) is 14.3 Å². The number of benzene rings is 2. The average Bonchev–Trinajstić information content (AvgIpc) is 2.80. The summed E-state index contributed by atoms with van der Waals surface area (Å²) in [7, 11) is 1.63. The summed E-state index contributed by atoms with van der Waals surface area (Å²) in [4.78, 5) is 12.8. The van der Waals surface area contributed by atoms with Crippen LogP contribution < -0.4 is 4.74 Å². The molecule has 170 valence electrons. The van der Waals surface area contributed by atoms with Gasteiger partial charge in [-0.05, 0) is 30.2 Å². The van der Waals surface area contributed by atoms with Gasteiger partial charge in [-0.2, -0.15) is 0 Å². The van der Waals surface area contributed by atoms with Crippen molar-refractivity contribution in [2.75, 3.05) is 26.9 Å². The van der Waals surface area contributed by atoms with Crippen LogP contribution in [0.4, 0.5) is 0 Å². The van der Waals surface area contributed by atoms with Crippen LogP contribution in [0.1, 0.15) is 49.8 Å². The molecule has 5 nitrogen and oxygen atoms in total. The van der Waals surface area contributed by atoms with E-state index >= 15 is 0 Å². The first-order valence-electron chi connectivity index (χ1n) is 10.9. The second kappa shape index (κ2) is 14.9. The Kier molecular flexibility index (Phi) is 12.1. The van der Waals surface area contributed by atoms with Crippen molar-refractivity contribution in [3.8, 4) is 5.75 Å². The molecule has 0 spiro atoms. The molecular weight excluding hydrogens is 412 g/mol. The van der Waals surface area contributed by atoms with Crippen LogP contribution >= 0.6 is 11.8 Å². The lowest BCUT2D eigenvalue weighted by atomic mass is 10.1. The number of rotatable bonds is 15. The van der Waals surface area contributed by atoms with Crippen LogP contribution in [0, 0.1) is 0 Å². The number of carbonyl (C=O) groups excluding carboxylic acids is 1. The van der Waals surface area contributed by atoms with Gasteiger partial charge in [-0.25, -0.2) is 4.79 Å². The number of ether oxygens (including phenoxy) is 3. The van der Waals surface area contributed by atoms with E-state index in [0.29, 0.717) is 6.61 Å². The maximum Gasteiger partial charge on any atom is 0.332 e. The Balaban J connectivity index is 1.84. The molecule has 1 N–H and O–H groups in total. The van der Waals surface area contributed by atoms with Crippen LogP contribution in [-0.4, -0.2) is 44.1 Å². The van der Waals surface area contributed by atoms with Gasteiger partial charge in [-0.3, -0.25) is 0 Å². The Hall–Kier alpha value is -2.02. The predicted octanol–water partition coefficient (Wildman–Crippen LogP) is 5.42. The highest BCUT2D eigenvalue weighted by Gasteiger charge is 2.23. The van der Waals surface area contributed by atoms with E-state index in [2.05, 4.69) is 6.92 Å². The first kappa shape index (κ1) is 25.2. The Morgan fingerprint density at radius 1 is 1.03 bits per heavy atom. The lowest BCUT2D eigenvalue weighted by Gasteiger charge is -2.23. The third-order valence-electron chi connectivity index (χ3n) is 4.80. The third kappa shape index (κ3) is 9.76. The molecule has 0 aliphatic heterocycles. The molecule has 0 bridgehead atoms. The van der Waals surface area contributed by atoms with Crippen molar-refractivity contribution in [2.45, 2.75) is 55.3 Å². The van der Waals surface area contributed by atoms with Gasteiger partial charge >= 0.3 is 5.97 Å². The summed E-state index contributed by atoms with van der Waals surface area (Å²) in [6.45, 7) is 2.48. The van der Waals surface area contributed by atoms with Gasteiger partial charge < -0.3 is 19.3 Å². The van der Waals surface area contributed by atoms with Crippen molar-refractivity contribution >= 4 is 17.7 Å². The van der Waals surface area contributed by atoms with Gasteiger partial charge in [0, 0.05) is 4.90 Å². The maximum absolute atomic E-state index is 11.9. The third-order valence-corrected chi connectivity index (χ3v) is 6.17. The molecule has 2 aromatic carbocycles. The number of hydrogen-bond donors (Lipinski definition) is 1.